The monoisotopic (exact) mass is 377 g/mol. The van der Waals surface area contributed by atoms with Gasteiger partial charge in [-0.3, -0.25) is 9.36 Å². The van der Waals surface area contributed by atoms with Crippen molar-refractivity contribution in [2.24, 2.45) is 17.6 Å². The molecule has 146 valence electrons. The molecule has 1 saturated heterocycles. The van der Waals surface area contributed by atoms with Crippen LogP contribution in [0.25, 0.3) is 10.9 Å². The van der Waals surface area contributed by atoms with E-state index in [0.717, 1.165) is 18.9 Å². The third-order valence-electron chi connectivity index (χ3n) is 5.79. The number of ether oxygens (including phenoxy) is 1. The Kier molecular flexibility index (Phi) is 4.14. The molecule has 2 aliphatic rings. The number of nitrogens with zero attached hydrogens (tertiary/aromatic N) is 3. The summed E-state index contributed by atoms with van der Waals surface area (Å²) in [7, 11) is 1.42. The second kappa shape index (κ2) is 6.26. The summed E-state index contributed by atoms with van der Waals surface area (Å²) in [6.07, 6.45) is 1.61. The van der Waals surface area contributed by atoms with Gasteiger partial charge in [0.2, 0.25) is 0 Å². The second-order valence-electron chi connectivity index (χ2n) is 7.57. The van der Waals surface area contributed by atoms with Crippen LogP contribution in [0.1, 0.15) is 25.8 Å². The average Bonchev–Trinajstić information content (AvgIpc) is 3.41. The van der Waals surface area contributed by atoms with E-state index in [-0.39, 0.29) is 28.8 Å². The summed E-state index contributed by atoms with van der Waals surface area (Å²) in [6, 6.07) is 1.11. The number of methoxy groups -OCH3 is 1. The summed E-state index contributed by atoms with van der Waals surface area (Å²) in [5.74, 6) is 5.84. The van der Waals surface area contributed by atoms with Crippen LogP contribution < -0.4 is 32.5 Å². The van der Waals surface area contributed by atoms with Crippen molar-refractivity contribution in [3.8, 4) is 5.75 Å². The van der Waals surface area contributed by atoms with Gasteiger partial charge in [-0.1, -0.05) is 6.92 Å². The lowest BCUT2D eigenvalue weighted by molar-refractivity contribution is 0.412. The standard InChI is InChI=1S/C18H24FN5O3/c1-9-7-22(8-10(9)6-20)15-13(19)5-12-14(16(15)27-2)23(11-3-4-11)18(26)24(21)17(12)25/h5,9-11H,3-4,6-8,20-21H2,1-2H3/t9-,10-/m0/s1. The smallest absolute Gasteiger partial charge is 0.350 e. The molecule has 2 atom stereocenters. The molecule has 0 unspecified atom stereocenters. The highest BCUT2D eigenvalue weighted by atomic mass is 19.1. The van der Waals surface area contributed by atoms with E-state index in [9.17, 15) is 9.59 Å². The van der Waals surface area contributed by atoms with Crippen LogP contribution >= 0.6 is 0 Å². The Morgan fingerprint density at radius 1 is 1.30 bits per heavy atom. The lowest BCUT2D eigenvalue weighted by Crippen LogP contribution is -2.44. The van der Waals surface area contributed by atoms with Gasteiger partial charge in [-0.2, -0.15) is 4.68 Å². The summed E-state index contributed by atoms with van der Waals surface area (Å²) in [4.78, 5) is 27.1. The molecule has 8 nitrogen and oxygen atoms in total. The van der Waals surface area contributed by atoms with Crippen molar-refractivity contribution in [1.82, 2.24) is 9.24 Å². The van der Waals surface area contributed by atoms with Crippen molar-refractivity contribution >= 4 is 16.6 Å². The van der Waals surface area contributed by atoms with Gasteiger partial charge in [0.15, 0.2) is 11.6 Å². The van der Waals surface area contributed by atoms with Crippen LogP contribution in [-0.2, 0) is 0 Å². The highest BCUT2D eigenvalue weighted by molar-refractivity contribution is 5.91. The molecule has 9 heteroatoms. The van der Waals surface area contributed by atoms with E-state index in [1.807, 2.05) is 4.90 Å². The van der Waals surface area contributed by atoms with Crippen molar-refractivity contribution in [3.05, 3.63) is 32.7 Å². The van der Waals surface area contributed by atoms with E-state index in [1.165, 1.54) is 11.7 Å². The van der Waals surface area contributed by atoms with Crippen LogP contribution in [-0.4, -0.2) is 36.0 Å². The molecule has 0 radical (unpaired) electrons. The predicted octanol–water partition coefficient (Wildman–Crippen LogP) is 0.391. The first kappa shape index (κ1) is 17.8. The Hall–Kier alpha value is -2.55. The molecular weight excluding hydrogens is 353 g/mol. The number of anilines is 1. The summed E-state index contributed by atoms with van der Waals surface area (Å²) in [6.45, 7) is 3.82. The maximum absolute atomic E-state index is 15.1. The van der Waals surface area contributed by atoms with Gasteiger partial charge in [0.05, 0.1) is 12.5 Å². The summed E-state index contributed by atoms with van der Waals surface area (Å²) < 4.78 is 22.7. The first-order valence-electron chi connectivity index (χ1n) is 9.16. The molecule has 2 aromatic rings. The second-order valence-corrected chi connectivity index (χ2v) is 7.57. The Labute approximate surface area is 155 Å². The van der Waals surface area contributed by atoms with Gasteiger partial charge in [-0.25, -0.2) is 9.18 Å². The fraction of sp³-hybridized carbons (Fsp3) is 0.556. The normalized spacial score (nSPS) is 22.6. The number of nitrogens with two attached hydrogens (primary N) is 2. The SMILES string of the molecule is COc1c(N2C[C@H](CN)[C@@H](C)C2)c(F)cc2c(=O)n(N)c(=O)n(C3CC3)c12. The molecule has 1 saturated carbocycles. The van der Waals surface area contributed by atoms with Gasteiger partial charge in [-0.05, 0) is 37.3 Å². The van der Waals surface area contributed by atoms with Gasteiger partial charge in [0, 0.05) is 19.1 Å². The zero-order chi connectivity index (χ0) is 19.5. The molecule has 1 aliphatic carbocycles. The molecule has 4 rings (SSSR count). The van der Waals surface area contributed by atoms with E-state index in [1.54, 1.807) is 0 Å². The maximum atomic E-state index is 15.1. The third kappa shape index (κ3) is 2.60. The maximum Gasteiger partial charge on any atom is 0.350 e. The van der Waals surface area contributed by atoms with Crippen molar-refractivity contribution in [1.29, 1.82) is 0 Å². The highest BCUT2D eigenvalue weighted by Gasteiger charge is 2.35. The van der Waals surface area contributed by atoms with Crippen LogP contribution in [0.15, 0.2) is 15.7 Å². The average molecular weight is 377 g/mol. The minimum atomic E-state index is -0.731. The van der Waals surface area contributed by atoms with E-state index in [2.05, 4.69) is 6.92 Å². The quantitative estimate of drug-likeness (QED) is 0.746. The highest BCUT2D eigenvalue weighted by Crippen LogP contribution is 2.43. The molecule has 0 spiro atoms. The number of benzene rings is 1. The Bertz CT molecular complexity index is 1030. The number of fused-ring (bicyclic) bond motifs is 1. The molecule has 4 N–H and O–H groups in total. The Morgan fingerprint density at radius 2 is 2.00 bits per heavy atom. The third-order valence-corrected chi connectivity index (χ3v) is 5.79. The van der Waals surface area contributed by atoms with E-state index in [0.29, 0.717) is 35.7 Å². The zero-order valence-corrected chi connectivity index (χ0v) is 15.4. The number of aromatic nitrogens is 2. The number of nitrogen functional groups attached to an aromatic ring is 1. The molecule has 1 aliphatic heterocycles. The Balaban J connectivity index is 2.03. The topological polar surface area (TPSA) is 109 Å². The molecule has 1 aromatic heterocycles. The molecule has 27 heavy (non-hydrogen) atoms. The fourth-order valence-electron chi connectivity index (χ4n) is 4.12. The minimum absolute atomic E-state index is 0.0460. The van der Waals surface area contributed by atoms with Gasteiger partial charge in [0.25, 0.3) is 5.56 Å². The van der Waals surface area contributed by atoms with Crippen molar-refractivity contribution in [3.63, 3.8) is 0 Å². The van der Waals surface area contributed by atoms with Crippen molar-refractivity contribution in [2.75, 3.05) is 37.5 Å². The van der Waals surface area contributed by atoms with Gasteiger partial charge >= 0.3 is 5.69 Å². The van der Waals surface area contributed by atoms with E-state index < -0.39 is 17.1 Å². The van der Waals surface area contributed by atoms with Gasteiger partial charge in [-0.15, -0.1) is 0 Å². The molecule has 2 heterocycles. The van der Waals surface area contributed by atoms with Crippen molar-refractivity contribution in [2.45, 2.75) is 25.8 Å². The number of halogens is 1. The molecule has 2 fully saturated rings. The van der Waals surface area contributed by atoms with Crippen LogP contribution in [0, 0.1) is 17.7 Å². The molecule has 1 aromatic carbocycles. The number of hydrogen-bond acceptors (Lipinski definition) is 6. The van der Waals surface area contributed by atoms with Gasteiger partial charge < -0.3 is 21.2 Å². The zero-order valence-electron chi connectivity index (χ0n) is 15.4. The van der Waals surface area contributed by atoms with Crippen LogP contribution in [0.5, 0.6) is 5.75 Å². The molecular formula is C18H24FN5O3. The first-order valence-corrected chi connectivity index (χ1v) is 9.16. The molecule has 0 bridgehead atoms. The molecule has 0 amide bonds. The van der Waals surface area contributed by atoms with Crippen LogP contribution in [0.2, 0.25) is 0 Å². The summed E-state index contributed by atoms with van der Waals surface area (Å²) in [5, 5.41) is 0.0460. The van der Waals surface area contributed by atoms with E-state index in [4.69, 9.17) is 16.3 Å². The van der Waals surface area contributed by atoms with E-state index >= 15 is 4.39 Å². The predicted molar refractivity (Wildman–Crippen MR) is 101 cm³/mol. The lowest BCUT2D eigenvalue weighted by atomic mass is 9.99. The summed E-state index contributed by atoms with van der Waals surface area (Å²) >= 11 is 0. The lowest BCUT2D eigenvalue weighted by Gasteiger charge is -2.24. The summed E-state index contributed by atoms with van der Waals surface area (Å²) in [5.41, 5.74) is 5.09. The number of rotatable bonds is 4. The minimum Gasteiger partial charge on any atom is -0.492 e. The first-order chi connectivity index (χ1) is 12.9. The Morgan fingerprint density at radius 3 is 2.56 bits per heavy atom. The fourth-order valence-corrected chi connectivity index (χ4v) is 4.12. The number of hydrogen-bond donors (Lipinski definition) is 2. The van der Waals surface area contributed by atoms with Crippen LogP contribution in [0.3, 0.4) is 0 Å². The van der Waals surface area contributed by atoms with Crippen molar-refractivity contribution < 1.29 is 9.13 Å². The largest absolute Gasteiger partial charge is 0.492 e. The van der Waals surface area contributed by atoms with Crippen LogP contribution in [0.4, 0.5) is 10.1 Å². The van der Waals surface area contributed by atoms with Gasteiger partial charge in [0.1, 0.15) is 11.2 Å².